The maximum absolute atomic E-state index is 13.0. The molecule has 1 aliphatic heterocycles. The van der Waals surface area contributed by atoms with Crippen LogP contribution in [-0.4, -0.2) is 42.5 Å². The Labute approximate surface area is 199 Å². The summed E-state index contributed by atoms with van der Waals surface area (Å²) >= 11 is 0. The standard InChI is InChI=1S/C27H29N3O4/c28-26(31)24-13-7-15-30(24)19-20-8-6-9-21(18-20)29-27(32)23-12-4-5-14-25(23)34-17-16-33-22-10-2-1-3-11-22/h1-6,8-12,14,18,24H,7,13,15-17,19H2,(H2,28,31)(H,29,32)/t24-/m0/s1. The number of amides is 2. The van der Waals surface area contributed by atoms with Crippen LogP contribution in [-0.2, 0) is 11.3 Å². The molecule has 7 nitrogen and oxygen atoms in total. The normalized spacial score (nSPS) is 15.6. The van der Waals surface area contributed by atoms with Gasteiger partial charge in [-0.3, -0.25) is 14.5 Å². The third-order valence-electron chi connectivity index (χ3n) is 5.75. The lowest BCUT2D eigenvalue weighted by atomic mass is 10.1. The molecular formula is C27H29N3O4. The summed E-state index contributed by atoms with van der Waals surface area (Å²) < 4.78 is 11.5. The van der Waals surface area contributed by atoms with E-state index < -0.39 is 0 Å². The van der Waals surface area contributed by atoms with Crippen molar-refractivity contribution in [2.75, 3.05) is 25.1 Å². The van der Waals surface area contributed by atoms with Crippen LogP contribution in [0.1, 0.15) is 28.8 Å². The van der Waals surface area contributed by atoms with Gasteiger partial charge in [0.15, 0.2) is 0 Å². The number of rotatable bonds is 10. The first-order valence-corrected chi connectivity index (χ1v) is 11.4. The summed E-state index contributed by atoms with van der Waals surface area (Å²) in [6.45, 7) is 2.12. The van der Waals surface area contributed by atoms with E-state index in [-0.39, 0.29) is 17.9 Å². The van der Waals surface area contributed by atoms with Crippen molar-refractivity contribution >= 4 is 17.5 Å². The lowest BCUT2D eigenvalue weighted by molar-refractivity contribution is -0.122. The fraction of sp³-hybridized carbons (Fsp3) is 0.259. The fourth-order valence-electron chi connectivity index (χ4n) is 4.13. The maximum atomic E-state index is 13.0. The van der Waals surface area contributed by atoms with Gasteiger partial charge in [0.05, 0.1) is 11.6 Å². The van der Waals surface area contributed by atoms with Gasteiger partial charge in [-0.25, -0.2) is 0 Å². The number of benzene rings is 3. The van der Waals surface area contributed by atoms with Crippen LogP contribution in [0, 0.1) is 0 Å². The van der Waals surface area contributed by atoms with E-state index >= 15 is 0 Å². The number of nitrogens with zero attached hydrogens (tertiary/aromatic N) is 1. The molecule has 3 aromatic rings. The van der Waals surface area contributed by atoms with Gasteiger partial charge in [0, 0.05) is 12.2 Å². The number of primary amides is 1. The van der Waals surface area contributed by atoms with Crippen LogP contribution in [0.5, 0.6) is 11.5 Å². The molecule has 3 N–H and O–H groups in total. The monoisotopic (exact) mass is 459 g/mol. The first-order valence-electron chi connectivity index (χ1n) is 11.4. The van der Waals surface area contributed by atoms with E-state index in [4.69, 9.17) is 15.2 Å². The maximum Gasteiger partial charge on any atom is 0.259 e. The van der Waals surface area contributed by atoms with Crippen molar-refractivity contribution in [1.82, 2.24) is 4.90 Å². The Kier molecular flexibility index (Phi) is 7.78. The molecule has 176 valence electrons. The number of nitrogens with two attached hydrogens (primary N) is 1. The Morgan fingerprint density at radius 3 is 2.53 bits per heavy atom. The number of anilines is 1. The summed E-state index contributed by atoms with van der Waals surface area (Å²) in [4.78, 5) is 26.8. The zero-order chi connectivity index (χ0) is 23.8. The Morgan fingerprint density at radius 1 is 0.941 bits per heavy atom. The molecule has 0 aromatic heterocycles. The van der Waals surface area contributed by atoms with E-state index in [1.165, 1.54) is 0 Å². The summed E-state index contributed by atoms with van der Waals surface area (Å²) in [5, 5.41) is 2.95. The molecule has 34 heavy (non-hydrogen) atoms. The Bertz CT molecular complexity index is 1120. The lowest BCUT2D eigenvalue weighted by Gasteiger charge is -2.22. The van der Waals surface area contributed by atoms with Crippen LogP contribution >= 0.6 is 0 Å². The van der Waals surface area contributed by atoms with Gasteiger partial charge < -0.3 is 20.5 Å². The second-order valence-electron chi connectivity index (χ2n) is 8.19. The second-order valence-corrected chi connectivity index (χ2v) is 8.19. The predicted molar refractivity (Wildman–Crippen MR) is 131 cm³/mol. The molecule has 3 aromatic carbocycles. The highest BCUT2D eigenvalue weighted by Gasteiger charge is 2.28. The first kappa shape index (κ1) is 23.3. The van der Waals surface area contributed by atoms with Crippen molar-refractivity contribution in [3.05, 3.63) is 90.0 Å². The lowest BCUT2D eigenvalue weighted by Crippen LogP contribution is -2.39. The average Bonchev–Trinajstić information content (AvgIpc) is 3.31. The molecule has 0 aliphatic carbocycles. The number of nitrogens with one attached hydrogen (secondary N) is 1. The zero-order valence-corrected chi connectivity index (χ0v) is 19.0. The van der Waals surface area contributed by atoms with E-state index in [0.717, 1.165) is 30.7 Å². The minimum atomic E-state index is -0.285. The predicted octanol–water partition coefficient (Wildman–Crippen LogP) is 3.85. The van der Waals surface area contributed by atoms with Gasteiger partial charge in [-0.1, -0.05) is 42.5 Å². The molecule has 1 atom stereocenters. The summed E-state index contributed by atoms with van der Waals surface area (Å²) in [5.41, 5.74) is 7.67. The van der Waals surface area contributed by atoms with Crippen molar-refractivity contribution in [3.63, 3.8) is 0 Å². The van der Waals surface area contributed by atoms with Gasteiger partial charge in [0.25, 0.3) is 5.91 Å². The van der Waals surface area contributed by atoms with Crippen LogP contribution in [0.4, 0.5) is 5.69 Å². The van der Waals surface area contributed by atoms with E-state index in [1.54, 1.807) is 18.2 Å². The molecule has 7 heteroatoms. The first-order chi connectivity index (χ1) is 16.6. The highest BCUT2D eigenvalue weighted by atomic mass is 16.5. The number of carbonyl (C=O) groups excluding carboxylic acids is 2. The van der Waals surface area contributed by atoms with Crippen LogP contribution in [0.25, 0.3) is 0 Å². The molecule has 2 amide bonds. The molecule has 4 rings (SSSR count). The van der Waals surface area contributed by atoms with Crippen molar-refractivity contribution < 1.29 is 19.1 Å². The zero-order valence-electron chi connectivity index (χ0n) is 19.0. The van der Waals surface area contributed by atoms with E-state index in [1.807, 2.05) is 60.7 Å². The molecule has 0 saturated carbocycles. The Balaban J connectivity index is 1.35. The molecule has 0 unspecified atom stereocenters. The van der Waals surface area contributed by atoms with Crippen LogP contribution in [0.15, 0.2) is 78.9 Å². The number of hydrogen-bond donors (Lipinski definition) is 2. The molecule has 0 spiro atoms. The molecule has 1 saturated heterocycles. The van der Waals surface area contributed by atoms with Crippen molar-refractivity contribution in [1.29, 1.82) is 0 Å². The molecule has 0 radical (unpaired) electrons. The summed E-state index contributed by atoms with van der Waals surface area (Å²) in [6, 6.07) is 24.1. The highest BCUT2D eigenvalue weighted by Crippen LogP contribution is 2.23. The van der Waals surface area contributed by atoms with Crippen LogP contribution < -0.4 is 20.5 Å². The molecule has 1 fully saturated rings. The van der Waals surface area contributed by atoms with Crippen molar-refractivity contribution in [3.8, 4) is 11.5 Å². The summed E-state index contributed by atoms with van der Waals surface area (Å²) in [7, 11) is 0. The minimum Gasteiger partial charge on any atom is -0.490 e. The fourth-order valence-corrected chi connectivity index (χ4v) is 4.13. The van der Waals surface area contributed by atoms with E-state index in [2.05, 4.69) is 10.2 Å². The summed E-state index contributed by atoms with van der Waals surface area (Å²) in [6.07, 6.45) is 1.75. The number of para-hydroxylation sites is 2. The van der Waals surface area contributed by atoms with E-state index in [0.29, 0.717) is 36.8 Å². The Morgan fingerprint density at radius 2 is 1.71 bits per heavy atom. The minimum absolute atomic E-state index is 0.229. The van der Waals surface area contributed by atoms with Gasteiger partial charge in [-0.05, 0) is 61.3 Å². The van der Waals surface area contributed by atoms with Gasteiger partial charge in [-0.2, -0.15) is 0 Å². The quantitative estimate of drug-likeness (QED) is 0.449. The van der Waals surface area contributed by atoms with Gasteiger partial charge in [-0.15, -0.1) is 0 Å². The number of hydrogen-bond acceptors (Lipinski definition) is 5. The van der Waals surface area contributed by atoms with Gasteiger partial charge >= 0.3 is 0 Å². The SMILES string of the molecule is NC(=O)[C@@H]1CCCN1Cc1cccc(NC(=O)c2ccccc2OCCOc2ccccc2)c1. The smallest absolute Gasteiger partial charge is 0.259 e. The van der Waals surface area contributed by atoms with E-state index in [9.17, 15) is 9.59 Å². The average molecular weight is 460 g/mol. The molecule has 0 bridgehead atoms. The van der Waals surface area contributed by atoms with Gasteiger partial charge in [0.1, 0.15) is 24.7 Å². The second kappa shape index (κ2) is 11.3. The molecular weight excluding hydrogens is 430 g/mol. The summed E-state index contributed by atoms with van der Waals surface area (Å²) in [5.74, 6) is 0.725. The number of likely N-dealkylation sites (tertiary alicyclic amines) is 1. The number of carbonyl (C=O) groups is 2. The van der Waals surface area contributed by atoms with Gasteiger partial charge in [0.2, 0.25) is 5.91 Å². The third-order valence-corrected chi connectivity index (χ3v) is 5.75. The number of ether oxygens (including phenoxy) is 2. The molecule has 1 aliphatic rings. The van der Waals surface area contributed by atoms with Crippen molar-refractivity contribution in [2.45, 2.75) is 25.4 Å². The largest absolute Gasteiger partial charge is 0.490 e. The van der Waals surface area contributed by atoms with Crippen LogP contribution in [0.3, 0.4) is 0 Å². The molecule has 1 heterocycles. The van der Waals surface area contributed by atoms with Crippen molar-refractivity contribution in [2.24, 2.45) is 5.73 Å². The highest BCUT2D eigenvalue weighted by molar-refractivity contribution is 6.06. The topological polar surface area (TPSA) is 93.9 Å². The third kappa shape index (κ3) is 6.14. The Hall–Kier alpha value is -3.84. The van der Waals surface area contributed by atoms with Crippen LogP contribution in [0.2, 0.25) is 0 Å².